The maximum Gasteiger partial charge on any atom is 0.305 e. The van der Waals surface area contributed by atoms with Crippen LogP contribution in [-0.4, -0.2) is 30.1 Å². The van der Waals surface area contributed by atoms with Gasteiger partial charge in [0.05, 0.1) is 18.9 Å². The van der Waals surface area contributed by atoms with Gasteiger partial charge >= 0.3 is 5.97 Å². The van der Waals surface area contributed by atoms with E-state index >= 15 is 0 Å². The fraction of sp³-hybridized carbons (Fsp3) is 0.636. The van der Waals surface area contributed by atoms with Crippen molar-refractivity contribution in [2.75, 3.05) is 7.11 Å². The van der Waals surface area contributed by atoms with Crippen LogP contribution in [0.2, 0.25) is 0 Å². The van der Waals surface area contributed by atoms with Gasteiger partial charge in [-0.3, -0.25) is 9.59 Å². The number of methoxy groups -OCH3 is 1. The quantitative estimate of drug-likeness (QED) is 0.802. The van der Waals surface area contributed by atoms with Crippen LogP contribution in [0.5, 0.6) is 5.75 Å². The number of carboxylic acids is 1. The molecular weight excluding hydrogens is 342 g/mol. The number of hydrogen-bond donors (Lipinski definition) is 2. The van der Waals surface area contributed by atoms with Crippen LogP contribution >= 0.6 is 0 Å². The smallest absolute Gasteiger partial charge is 0.305 e. The van der Waals surface area contributed by atoms with Crippen LogP contribution in [0.25, 0.3) is 0 Å². The lowest BCUT2D eigenvalue weighted by Gasteiger charge is -2.61. The Bertz CT molecular complexity index is 727. The molecule has 27 heavy (non-hydrogen) atoms. The summed E-state index contributed by atoms with van der Waals surface area (Å²) in [7, 11) is 1.68. The van der Waals surface area contributed by atoms with E-state index in [4.69, 9.17) is 9.84 Å². The lowest BCUT2D eigenvalue weighted by Crippen LogP contribution is -2.59. The van der Waals surface area contributed by atoms with Gasteiger partial charge < -0.3 is 15.2 Å². The van der Waals surface area contributed by atoms with Crippen molar-refractivity contribution in [1.29, 1.82) is 0 Å². The zero-order valence-corrected chi connectivity index (χ0v) is 16.2. The molecule has 5 rings (SSSR count). The molecule has 146 valence electrons. The number of nitrogens with one attached hydrogen (secondary N) is 1. The van der Waals surface area contributed by atoms with Crippen LogP contribution in [-0.2, 0) is 15.0 Å². The molecule has 4 aliphatic rings. The average molecular weight is 371 g/mol. The van der Waals surface area contributed by atoms with E-state index in [1.165, 1.54) is 12.0 Å². The number of rotatable bonds is 6. The van der Waals surface area contributed by atoms with Gasteiger partial charge in [0.15, 0.2) is 0 Å². The van der Waals surface area contributed by atoms with Crippen LogP contribution in [0, 0.1) is 17.3 Å². The number of hydrogen-bond acceptors (Lipinski definition) is 3. The number of carbonyl (C=O) groups is 2. The highest BCUT2D eigenvalue weighted by Gasteiger charge is 2.60. The molecule has 4 bridgehead atoms. The highest BCUT2D eigenvalue weighted by Crippen LogP contribution is 2.65. The molecule has 1 amide bonds. The van der Waals surface area contributed by atoms with Gasteiger partial charge in [-0.25, -0.2) is 0 Å². The Hall–Kier alpha value is -2.04. The van der Waals surface area contributed by atoms with Gasteiger partial charge in [0.2, 0.25) is 5.91 Å². The topological polar surface area (TPSA) is 75.6 Å². The summed E-state index contributed by atoms with van der Waals surface area (Å²) in [5, 5.41) is 12.0. The van der Waals surface area contributed by atoms with Gasteiger partial charge in [-0.15, -0.1) is 0 Å². The van der Waals surface area contributed by atoms with Crippen LogP contribution in [0.1, 0.15) is 57.4 Å². The van der Waals surface area contributed by atoms with Crippen LogP contribution in [0.4, 0.5) is 0 Å². The van der Waals surface area contributed by atoms with E-state index in [9.17, 15) is 9.59 Å². The Morgan fingerprint density at radius 2 is 1.81 bits per heavy atom. The summed E-state index contributed by atoms with van der Waals surface area (Å²) in [5.74, 6) is 1.24. The lowest BCUT2D eigenvalue weighted by atomic mass is 9.42. The van der Waals surface area contributed by atoms with Crippen molar-refractivity contribution < 1.29 is 19.4 Å². The largest absolute Gasteiger partial charge is 0.497 e. The Morgan fingerprint density at radius 3 is 2.37 bits per heavy atom. The maximum absolute atomic E-state index is 13.2. The minimum absolute atomic E-state index is 0.0295. The predicted octanol–water partition coefficient (Wildman–Crippen LogP) is 3.51. The van der Waals surface area contributed by atoms with Crippen molar-refractivity contribution >= 4 is 11.9 Å². The maximum atomic E-state index is 13.2. The Morgan fingerprint density at radius 1 is 1.19 bits per heavy atom. The molecule has 0 spiro atoms. The molecule has 0 radical (unpaired) electrons. The SMILES string of the molecule is COc1ccc(C23CC4CC(CC(C(=O)NC(C)CC(=O)O)(C4)C2)C3)cc1. The summed E-state index contributed by atoms with van der Waals surface area (Å²) in [4.78, 5) is 24.2. The minimum atomic E-state index is -0.872. The van der Waals surface area contributed by atoms with Crippen LogP contribution in [0.3, 0.4) is 0 Å². The van der Waals surface area contributed by atoms with Crippen LogP contribution in [0.15, 0.2) is 24.3 Å². The van der Waals surface area contributed by atoms with E-state index in [0.717, 1.165) is 37.9 Å². The molecule has 4 aliphatic carbocycles. The highest BCUT2D eigenvalue weighted by atomic mass is 16.5. The third kappa shape index (κ3) is 3.21. The molecule has 3 atom stereocenters. The van der Waals surface area contributed by atoms with Gasteiger partial charge in [0.1, 0.15) is 5.75 Å². The molecule has 0 aliphatic heterocycles. The molecule has 4 saturated carbocycles. The third-order valence-electron chi connectivity index (χ3n) is 7.10. The van der Waals surface area contributed by atoms with E-state index < -0.39 is 5.97 Å². The summed E-state index contributed by atoms with van der Waals surface area (Å²) in [6.45, 7) is 1.78. The summed E-state index contributed by atoms with van der Waals surface area (Å²) in [5.41, 5.74) is 1.06. The summed E-state index contributed by atoms with van der Waals surface area (Å²) in [6, 6.07) is 8.06. The Kier molecular flexibility index (Phi) is 4.44. The standard InChI is InChI=1S/C22H29NO4/c1-14(7-19(24)25)23-20(26)22-11-15-8-16(12-22)10-21(9-15,13-22)17-3-5-18(27-2)6-4-17/h3-6,14-16H,7-13H2,1-2H3,(H,23,26)(H,24,25). The minimum Gasteiger partial charge on any atom is -0.497 e. The van der Waals surface area contributed by atoms with Gasteiger partial charge in [-0.05, 0) is 80.4 Å². The van der Waals surface area contributed by atoms with E-state index in [1.807, 2.05) is 12.1 Å². The number of carboxylic acid groups (broad SMARTS) is 1. The summed E-state index contributed by atoms with van der Waals surface area (Å²) < 4.78 is 5.31. The number of ether oxygens (including phenoxy) is 1. The molecule has 0 aromatic heterocycles. The van der Waals surface area contributed by atoms with Gasteiger partial charge in [-0.1, -0.05) is 12.1 Å². The van der Waals surface area contributed by atoms with Gasteiger partial charge in [0.25, 0.3) is 0 Å². The van der Waals surface area contributed by atoms with Crippen molar-refractivity contribution in [1.82, 2.24) is 5.32 Å². The van der Waals surface area contributed by atoms with Crippen molar-refractivity contribution in [3.05, 3.63) is 29.8 Å². The number of aliphatic carboxylic acids is 1. The zero-order valence-electron chi connectivity index (χ0n) is 16.2. The van der Waals surface area contributed by atoms with E-state index in [0.29, 0.717) is 11.8 Å². The molecule has 0 saturated heterocycles. The monoisotopic (exact) mass is 371 g/mol. The number of carbonyl (C=O) groups excluding carboxylic acids is 1. The van der Waals surface area contributed by atoms with Gasteiger partial charge in [-0.2, -0.15) is 0 Å². The second kappa shape index (κ2) is 6.54. The molecule has 5 nitrogen and oxygen atoms in total. The molecule has 1 aromatic carbocycles. The average Bonchev–Trinajstić information content (AvgIpc) is 2.60. The summed E-state index contributed by atoms with van der Waals surface area (Å²) >= 11 is 0. The second-order valence-electron chi connectivity index (χ2n) is 9.22. The van der Waals surface area contributed by atoms with E-state index in [-0.39, 0.29) is 29.2 Å². The first-order valence-electron chi connectivity index (χ1n) is 10.0. The highest BCUT2D eigenvalue weighted by molar-refractivity contribution is 5.84. The molecule has 1 aromatic rings. The van der Waals surface area contributed by atoms with Crippen molar-refractivity contribution in [2.24, 2.45) is 17.3 Å². The van der Waals surface area contributed by atoms with E-state index in [1.54, 1.807) is 14.0 Å². The Balaban J connectivity index is 1.60. The molecule has 0 heterocycles. The number of amides is 1. The van der Waals surface area contributed by atoms with Crippen molar-refractivity contribution in [2.45, 2.75) is 63.3 Å². The lowest BCUT2D eigenvalue weighted by molar-refractivity contribution is -0.150. The molecule has 5 heteroatoms. The predicted molar refractivity (Wildman–Crippen MR) is 102 cm³/mol. The molecule has 2 N–H and O–H groups in total. The first-order chi connectivity index (χ1) is 12.8. The third-order valence-corrected chi connectivity index (χ3v) is 7.10. The second-order valence-corrected chi connectivity index (χ2v) is 9.22. The van der Waals surface area contributed by atoms with E-state index in [2.05, 4.69) is 17.4 Å². The first kappa shape index (κ1) is 18.3. The van der Waals surface area contributed by atoms with Crippen LogP contribution < -0.4 is 10.1 Å². The van der Waals surface area contributed by atoms with Crippen molar-refractivity contribution in [3.63, 3.8) is 0 Å². The summed E-state index contributed by atoms with van der Waals surface area (Å²) in [6.07, 6.45) is 6.31. The fourth-order valence-electron chi connectivity index (χ4n) is 6.50. The Labute approximate surface area is 160 Å². The molecule has 3 unspecified atom stereocenters. The fourth-order valence-corrected chi connectivity index (χ4v) is 6.50. The van der Waals surface area contributed by atoms with Crippen molar-refractivity contribution in [3.8, 4) is 5.75 Å². The zero-order chi connectivity index (χ0) is 19.2. The number of benzene rings is 1. The molecular formula is C22H29NO4. The first-order valence-corrected chi connectivity index (χ1v) is 10.0. The molecule has 4 fully saturated rings. The van der Waals surface area contributed by atoms with Gasteiger partial charge in [0, 0.05) is 6.04 Å². The normalized spacial score (nSPS) is 34.9.